The highest BCUT2D eigenvalue weighted by atomic mass is 16.6. The molecule has 1 atom stereocenters. The number of nitrogens with zero attached hydrogens (tertiary/aromatic N) is 2. The average Bonchev–Trinajstić information content (AvgIpc) is 3.25. The molecule has 0 fully saturated rings. The van der Waals surface area contributed by atoms with Crippen LogP contribution in [-0.4, -0.2) is 42.4 Å². The third-order valence-electron chi connectivity index (χ3n) is 6.13. The van der Waals surface area contributed by atoms with Gasteiger partial charge in [0.15, 0.2) is 12.4 Å². The molecule has 36 heavy (non-hydrogen) atoms. The van der Waals surface area contributed by atoms with E-state index in [9.17, 15) is 14.7 Å². The van der Waals surface area contributed by atoms with Crippen LogP contribution in [0.2, 0.25) is 0 Å². The number of benzene rings is 1. The number of pyridine rings is 1. The minimum atomic E-state index is -1.01. The summed E-state index contributed by atoms with van der Waals surface area (Å²) in [5.74, 6) is -1.35. The number of carbonyl (C=O) groups is 2. The van der Waals surface area contributed by atoms with Gasteiger partial charge in [-0.15, -0.1) is 0 Å². The number of rotatable bonds is 7. The zero-order valence-corrected chi connectivity index (χ0v) is 21.2. The summed E-state index contributed by atoms with van der Waals surface area (Å²) in [5.41, 5.74) is 4.55. The summed E-state index contributed by atoms with van der Waals surface area (Å²) < 4.78 is 12.4. The van der Waals surface area contributed by atoms with Gasteiger partial charge >= 0.3 is 11.9 Å². The van der Waals surface area contributed by atoms with E-state index in [1.807, 2.05) is 26.8 Å². The third kappa shape index (κ3) is 6.10. The van der Waals surface area contributed by atoms with Crippen LogP contribution in [0.3, 0.4) is 0 Å². The number of carbonyl (C=O) groups excluding carboxylic acids is 1. The van der Waals surface area contributed by atoms with Crippen LogP contribution in [0.15, 0.2) is 66.7 Å². The molecule has 1 aliphatic heterocycles. The van der Waals surface area contributed by atoms with Gasteiger partial charge < -0.3 is 19.5 Å². The quantitative estimate of drug-likeness (QED) is 0.357. The number of allylic oxidation sites excluding steroid dienone is 1. The van der Waals surface area contributed by atoms with Gasteiger partial charge in [0.1, 0.15) is 5.60 Å². The molecule has 0 bridgehead atoms. The predicted octanol–water partition coefficient (Wildman–Crippen LogP) is 4.16. The lowest BCUT2D eigenvalue weighted by Gasteiger charge is -2.24. The molecule has 1 unspecified atom stereocenters. The molecule has 0 saturated carbocycles. The van der Waals surface area contributed by atoms with Crippen molar-refractivity contribution in [1.82, 2.24) is 0 Å². The lowest BCUT2D eigenvalue weighted by atomic mass is 10.0. The second kappa shape index (κ2) is 10.5. The Hall–Kier alpha value is -3.71. The number of carboxylic acid groups (broad SMARTS) is 1. The number of aromatic nitrogens is 1. The SMILES string of the molecule is COC1C=CC(N2CCc3cc(/C=C(\C(=O)O)c4cc[n+](CC(=O)OC(C)(C)C)cc4)ccc32)=CC1. The Balaban J connectivity index is 1.51. The number of fused-ring (bicyclic) bond motifs is 1. The first-order valence-corrected chi connectivity index (χ1v) is 12.1. The first-order valence-electron chi connectivity index (χ1n) is 12.1. The van der Waals surface area contributed by atoms with Crippen molar-refractivity contribution >= 4 is 29.3 Å². The highest BCUT2D eigenvalue weighted by Crippen LogP contribution is 2.34. The van der Waals surface area contributed by atoms with Crippen molar-refractivity contribution in [2.75, 3.05) is 18.6 Å². The number of ether oxygens (including phenoxy) is 2. The van der Waals surface area contributed by atoms with Crippen LogP contribution in [-0.2, 0) is 32.0 Å². The summed E-state index contributed by atoms with van der Waals surface area (Å²) >= 11 is 0. The van der Waals surface area contributed by atoms with Gasteiger partial charge in [-0.3, -0.25) is 0 Å². The Kier molecular flexibility index (Phi) is 7.40. The third-order valence-corrected chi connectivity index (χ3v) is 6.13. The summed E-state index contributed by atoms with van der Waals surface area (Å²) in [7, 11) is 1.72. The molecule has 0 spiro atoms. The molecule has 2 heterocycles. The van der Waals surface area contributed by atoms with Crippen LogP contribution >= 0.6 is 0 Å². The largest absolute Gasteiger partial charge is 0.478 e. The van der Waals surface area contributed by atoms with E-state index in [2.05, 4.69) is 35.3 Å². The van der Waals surface area contributed by atoms with Crippen molar-refractivity contribution in [3.8, 4) is 0 Å². The van der Waals surface area contributed by atoms with Gasteiger partial charge in [-0.1, -0.05) is 18.2 Å². The molecule has 2 aliphatic rings. The fraction of sp³-hybridized carbons (Fsp3) is 0.345. The second-order valence-corrected chi connectivity index (χ2v) is 10.00. The lowest BCUT2D eigenvalue weighted by molar-refractivity contribution is -0.686. The minimum Gasteiger partial charge on any atom is -0.478 e. The first kappa shape index (κ1) is 25.4. The van der Waals surface area contributed by atoms with Crippen LogP contribution < -0.4 is 9.47 Å². The zero-order chi connectivity index (χ0) is 25.9. The molecule has 7 nitrogen and oxygen atoms in total. The maximum atomic E-state index is 12.1. The Morgan fingerprint density at radius 1 is 1.19 bits per heavy atom. The Labute approximate surface area is 212 Å². The van der Waals surface area contributed by atoms with E-state index in [-0.39, 0.29) is 24.2 Å². The number of carboxylic acids is 1. The molecule has 0 radical (unpaired) electrons. The maximum Gasteiger partial charge on any atom is 0.373 e. The number of hydrogen-bond acceptors (Lipinski definition) is 5. The second-order valence-electron chi connectivity index (χ2n) is 10.00. The molecule has 2 aromatic rings. The van der Waals surface area contributed by atoms with Gasteiger partial charge in [0.2, 0.25) is 6.54 Å². The molecule has 1 aromatic carbocycles. The molecule has 1 aromatic heterocycles. The van der Waals surface area contributed by atoms with E-state index in [1.165, 1.54) is 11.3 Å². The van der Waals surface area contributed by atoms with Crippen molar-refractivity contribution in [1.29, 1.82) is 0 Å². The summed E-state index contributed by atoms with van der Waals surface area (Å²) in [6, 6.07) is 9.49. The number of aliphatic carboxylic acids is 1. The topological polar surface area (TPSA) is 80.0 Å². The molecule has 7 heteroatoms. The van der Waals surface area contributed by atoms with E-state index < -0.39 is 11.6 Å². The standard InChI is InChI=1S/C29H32N2O5/c1-29(2,3)36-27(32)19-30-14-11-21(12-15-30)25(28(33)34)18-20-5-10-26-22(17-20)13-16-31(26)23-6-8-24(35-4)9-7-23/h5-8,10-12,14-15,17-18,24H,9,13,16,19H2,1-4H3/p+1. The normalized spacial score (nSPS) is 17.6. The van der Waals surface area contributed by atoms with Crippen molar-refractivity contribution in [3.05, 3.63) is 83.3 Å². The number of esters is 1. The molecule has 1 aliphatic carbocycles. The summed E-state index contributed by atoms with van der Waals surface area (Å²) in [6.07, 6.45) is 13.3. The Morgan fingerprint density at radius 2 is 1.94 bits per heavy atom. The van der Waals surface area contributed by atoms with Crippen LogP contribution in [0.1, 0.15) is 43.9 Å². The highest BCUT2D eigenvalue weighted by molar-refractivity contribution is 6.20. The average molecular weight is 490 g/mol. The number of hydrogen-bond donors (Lipinski definition) is 1. The molecule has 188 valence electrons. The highest BCUT2D eigenvalue weighted by Gasteiger charge is 2.23. The minimum absolute atomic E-state index is 0.0583. The fourth-order valence-electron chi connectivity index (χ4n) is 4.44. The van der Waals surface area contributed by atoms with E-state index in [1.54, 1.807) is 42.3 Å². The van der Waals surface area contributed by atoms with Crippen molar-refractivity contribution < 1.29 is 28.7 Å². The fourth-order valence-corrected chi connectivity index (χ4v) is 4.44. The van der Waals surface area contributed by atoms with E-state index in [4.69, 9.17) is 9.47 Å². The van der Waals surface area contributed by atoms with Crippen LogP contribution in [0, 0.1) is 0 Å². The first-order chi connectivity index (χ1) is 17.1. The van der Waals surface area contributed by atoms with Crippen molar-refractivity contribution in [3.63, 3.8) is 0 Å². The van der Waals surface area contributed by atoms with Gasteiger partial charge in [0.05, 0.1) is 11.7 Å². The van der Waals surface area contributed by atoms with E-state index in [0.29, 0.717) is 5.56 Å². The molecular weight excluding hydrogens is 456 g/mol. The van der Waals surface area contributed by atoms with Crippen LogP contribution in [0.25, 0.3) is 11.6 Å². The van der Waals surface area contributed by atoms with Gasteiger partial charge in [-0.2, -0.15) is 4.57 Å². The smallest absolute Gasteiger partial charge is 0.373 e. The molecule has 0 saturated heterocycles. The Morgan fingerprint density at radius 3 is 2.56 bits per heavy atom. The predicted molar refractivity (Wildman–Crippen MR) is 138 cm³/mol. The van der Waals surface area contributed by atoms with Crippen LogP contribution in [0.5, 0.6) is 0 Å². The number of anilines is 1. The molecule has 4 rings (SSSR count). The Bertz CT molecular complexity index is 1240. The van der Waals surface area contributed by atoms with Gasteiger partial charge in [0, 0.05) is 42.7 Å². The van der Waals surface area contributed by atoms with Crippen LogP contribution in [0.4, 0.5) is 5.69 Å². The van der Waals surface area contributed by atoms with Gasteiger partial charge in [-0.05, 0) is 69.0 Å². The van der Waals surface area contributed by atoms with E-state index >= 15 is 0 Å². The molecule has 0 amide bonds. The van der Waals surface area contributed by atoms with E-state index in [0.717, 1.165) is 30.6 Å². The lowest BCUT2D eigenvalue weighted by Crippen LogP contribution is -2.40. The summed E-state index contributed by atoms with van der Waals surface area (Å²) in [6.45, 7) is 6.41. The number of methoxy groups -OCH3 is 1. The van der Waals surface area contributed by atoms with Gasteiger partial charge in [-0.25, -0.2) is 9.59 Å². The molecule has 1 N–H and O–H groups in total. The monoisotopic (exact) mass is 489 g/mol. The van der Waals surface area contributed by atoms with Crippen molar-refractivity contribution in [2.45, 2.75) is 51.9 Å². The molecular formula is C29H33N2O5+. The zero-order valence-electron chi connectivity index (χ0n) is 21.2. The van der Waals surface area contributed by atoms with Gasteiger partial charge in [0.25, 0.3) is 0 Å². The van der Waals surface area contributed by atoms with Crippen molar-refractivity contribution in [2.24, 2.45) is 0 Å². The maximum absolute atomic E-state index is 12.1. The summed E-state index contributed by atoms with van der Waals surface area (Å²) in [5, 5.41) is 9.89. The summed E-state index contributed by atoms with van der Waals surface area (Å²) in [4.78, 5) is 26.5.